The summed E-state index contributed by atoms with van der Waals surface area (Å²) in [4.78, 5) is 60.8. The number of hydrogen-bond donors (Lipinski definition) is 1. The summed E-state index contributed by atoms with van der Waals surface area (Å²) in [6, 6.07) is 14.7. The van der Waals surface area contributed by atoms with Crippen LogP contribution in [0.5, 0.6) is 0 Å². The highest BCUT2D eigenvalue weighted by Gasteiger charge is 2.35. The molecule has 1 aliphatic carbocycles. The van der Waals surface area contributed by atoms with Gasteiger partial charge < -0.3 is 24.3 Å². The Kier molecular flexibility index (Phi) is 10.6. The Balaban J connectivity index is 1.49. The second-order valence-corrected chi connectivity index (χ2v) is 12.8. The molecule has 1 N–H and O–H groups in total. The van der Waals surface area contributed by atoms with Gasteiger partial charge in [0.2, 0.25) is 5.95 Å². The fourth-order valence-electron chi connectivity index (χ4n) is 4.87. The second kappa shape index (κ2) is 14.4. The lowest BCUT2D eigenvalue weighted by atomic mass is 9.98. The molecule has 248 valence electrons. The minimum atomic E-state index is -1.17. The van der Waals surface area contributed by atoms with Gasteiger partial charge in [-0.15, -0.1) is 4.90 Å². The van der Waals surface area contributed by atoms with Crippen molar-refractivity contribution in [1.29, 1.82) is 0 Å². The molecule has 1 heterocycles. The lowest BCUT2D eigenvalue weighted by Crippen LogP contribution is -2.45. The number of carbonyl (C=O) groups excluding carboxylic acids is 4. The Morgan fingerprint density at radius 1 is 0.851 bits per heavy atom. The number of amides is 3. The van der Waals surface area contributed by atoms with Crippen molar-refractivity contribution >= 4 is 30.2 Å². The zero-order valence-electron chi connectivity index (χ0n) is 27.4. The molecule has 47 heavy (non-hydrogen) atoms. The van der Waals surface area contributed by atoms with Crippen LogP contribution in [-0.4, -0.2) is 64.7 Å². The Labute approximate surface area is 274 Å². The number of nitrogens with one attached hydrogen (secondary N) is 1. The number of benzene rings is 2. The van der Waals surface area contributed by atoms with E-state index in [4.69, 9.17) is 18.9 Å². The molecule has 0 aliphatic heterocycles. The Morgan fingerprint density at radius 2 is 1.36 bits per heavy atom. The van der Waals surface area contributed by atoms with Gasteiger partial charge in [0.25, 0.3) is 0 Å². The zero-order valence-corrected chi connectivity index (χ0v) is 27.4. The number of alkyl carbamates (subject to hydrolysis) is 1. The first-order valence-electron chi connectivity index (χ1n) is 15.1. The molecule has 0 saturated carbocycles. The summed E-state index contributed by atoms with van der Waals surface area (Å²) in [5.74, 6) is -1.20. The summed E-state index contributed by atoms with van der Waals surface area (Å²) in [5, 5.41) is 2.59. The van der Waals surface area contributed by atoms with Crippen molar-refractivity contribution in [3.8, 4) is 11.1 Å². The number of imide groups is 1. The van der Waals surface area contributed by atoms with Crippen molar-refractivity contribution in [2.75, 3.05) is 18.1 Å². The van der Waals surface area contributed by atoms with Gasteiger partial charge in [0.15, 0.2) is 0 Å². The Bertz CT molecular complexity index is 1550. The van der Waals surface area contributed by atoms with Gasteiger partial charge in [-0.2, -0.15) is 0 Å². The van der Waals surface area contributed by atoms with E-state index < -0.39 is 41.5 Å². The molecule has 1 aromatic heterocycles. The summed E-state index contributed by atoms with van der Waals surface area (Å²) in [6.07, 6.45) is 1.09. The summed E-state index contributed by atoms with van der Waals surface area (Å²) >= 11 is 0. The van der Waals surface area contributed by atoms with E-state index in [2.05, 4.69) is 21.9 Å². The molecule has 2 aromatic carbocycles. The quantitative estimate of drug-likeness (QED) is 0.159. The fraction of sp³-hybridized carbons (Fsp3) is 0.371. The highest BCUT2D eigenvalue weighted by atomic mass is 16.6. The number of aromatic nitrogens is 2. The minimum absolute atomic E-state index is 0.0528. The first-order valence-corrected chi connectivity index (χ1v) is 15.1. The fourth-order valence-corrected chi connectivity index (χ4v) is 4.87. The van der Waals surface area contributed by atoms with Crippen LogP contribution in [0.3, 0.4) is 0 Å². The van der Waals surface area contributed by atoms with Gasteiger partial charge in [0.1, 0.15) is 30.5 Å². The molecule has 12 heteroatoms. The number of carbonyl (C=O) groups is 4. The lowest BCUT2D eigenvalue weighted by Gasteiger charge is -2.27. The highest BCUT2D eigenvalue weighted by molar-refractivity contribution is 6.08. The van der Waals surface area contributed by atoms with Gasteiger partial charge in [-0.05, 0) is 69.4 Å². The van der Waals surface area contributed by atoms with Crippen LogP contribution < -0.4 is 10.2 Å². The second-order valence-electron chi connectivity index (χ2n) is 12.8. The number of rotatable bonds is 9. The summed E-state index contributed by atoms with van der Waals surface area (Å²) in [7, 11) is 0. The van der Waals surface area contributed by atoms with Crippen molar-refractivity contribution < 1.29 is 38.1 Å². The van der Waals surface area contributed by atoms with E-state index in [0.717, 1.165) is 22.3 Å². The van der Waals surface area contributed by atoms with Crippen LogP contribution in [0.15, 0.2) is 73.6 Å². The molecule has 0 radical (unpaired) electrons. The van der Waals surface area contributed by atoms with Gasteiger partial charge >= 0.3 is 24.2 Å². The van der Waals surface area contributed by atoms with E-state index in [-0.39, 0.29) is 31.5 Å². The van der Waals surface area contributed by atoms with E-state index >= 15 is 0 Å². The predicted molar refractivity (Wildman–Crippen MR) is 174 cm³/mol. The van der Waals surface area contributed by atoms with E-state index in [9.17, 15) is 19.2 Å². The SMILES string of the molecule is C=CCOC(=O)[C@H](Cc1cnc(N(C(=O)OC(C)(C)C)C(=O)OC(C)(C)C)nc1)NC(=O)OCC1c2ccccc2-c2ccccc21. The largest absolute Gasteiger partial charge is 0.460 e. The molecule has 0 fully saturated rings. The van der Waals surface area contributed by atoms with Crippen molar-refractivity contribution in [2.45, 2.75) is 71.1 Å². The molecular weight excluding hydrogens is 604 g/mol. The molecule has 4 rings (SSSR count). The van der Waals surface area contributed by atoms with Crippen LogP contribution in [-0.2, 0) is 30.2 Å². The number of nitrogens with zero attached hydrogens (tertiary/aromatic N) is 3. The van der Waals surface area contributed by atoms with E-state index in [1.165, 1.54) is 18.5 Å². The third-order valence-electron chi connectivity index (χ3n) is 6.75. The van der Waals surface area contributed by atoms with Gasteiger partial charge in [0.05, 0.1) is 0 Å². The summed E-state index contributed by atoms with van der Waals surface area (Å²) in [5.41, 5.74) is 2.83. The summed E-state index contributed by atoms with van der Waals surface area (Å²) in [6.45, 7) is 13.4. The molecule has 0 unspecified atom stereocenters. The molecule has 3 amide bonds. The number of anilines is 1. The van der Waals surface area contributed by atoms with Gasteiger partial charge in [-0.1, -0.05) is 61.2 Å². The molecule has 0 spiro atoms. The molecule has 3 aromatic rings. The van der Waals surface area contributed by atoms with Crippen molar-refractivity contribution in [3.05, 3.63) is 90.3 Å². The molecule has 0 bridgehead atoms. The third-order valence-corrected chi connectivity index (χ3v) is 6.75. The Morgan fingerprint density at radius 3 is 1.85 bits per heavy atom. The number of esters is 1. The first kappa shape index (κ1) is 34.6. The van der Waals surface area contributed by atoms with E-state index in [1.807, 2.05) is 48.5 Å². The monoisotopic (exact) mass is 644 g/mol. The average molecular weight is 645 g/mol. The predicted octanol–water partition coefficient (Wildman–Crippen LogP) is 6.33. The van der Waals surface area contributed by atoms with Crippen LogP contribution in [0, 0.1) is 0 Å². The zero-order chi connectivity index (χ0) is 34.4. The highest BCUT2D eigenvalue weighted by Crippen LogP contribution is 2.44. The van der Waals surface area contributed by atoms with Crippen LogP contribution >= 0.6 is 0 Å². The maximum absolute atomic E-state index is 13.0. The normalized spacial score (nSPS) is 13.0. The van der Waals surface area contributed by atoms with E-state index in [0.29, 0.717) is 10.5 Å². The number of ether oxygens (including phenoxy) is 4. The molecular formula is C35H40N4O8. The lowest BCUT2D eigenvalue weighted by molar-refractivity contribution is -0.144. The van der Waals surface area contributed by atoms with Crippen LogP contribution in [0.2, 0.25) is 0 Å². The van der Waals surface area contributed by atoms with Gasteiger partial charge in [-0.3, -0.25) is 0 Å². The standard InChI is InChI=1S/C35H40N4O8/c1-8-17-44-29(40)28(38-31(41)45-21-27-25-15-11-9-13-23(25)24-14-10-12-16-26(24)27)18-22-19-36-30(37-20-22)39(32(42)46-34(2,3)4)33(43)47-35(5,6)7/h8-16,19-20,27-28H,1,17-18,21H2,2-7H3,(H,38,41)/t28-/m0/s1. The molecule has 0 saturated heterocycles. The van der Waals surface area contributed by atoms with Crippen molar-refractivity contribution in [2.24, 2.45) is 0 Å². The van der Waals surface area contributed by atoms with Crippen molar-refractivity contribution in [1.82, 2.24) is 15.3 Å². The van der Waals surface area contributed by atoms with E-state index in [1.54, 1.807) is 41.5 Å². The molecule has 12 nitrogen and oxygen atoms in total. The van der Waals surface area contributed by atoms with Gasteiger partial charge in [0, 0.05) is 24.7 Å². The number of fused-ring (bicyclic) bond motifs is 3. The number of hydrogen-bond acceptors (Lipinski definition) is 10. The van der Waals surface area contributed by atoms with Crippen LogP contribution in [0.25, 0.3) is 11.1 Å². The smallest absolute Gasteiger partial charge is 0.427 e. The van der Waals surface area contributed by atoms with Crippen LogP contribution in [0.4, 0.5) is 20.3 Å². The van der Waals surface area contributed by atoms with Gasteiger partial charge in [-0.25, -0.2) is 29.1 Å². The molecule has 1 aliphatic rings. The van der Waals surface area contributed by atoms with Crippen molar-refractivity contribution in [3.63, 3.8) is 0 Å². The average Bonchev–Trinajstić information content (AvgIpc) is 3.31. The van der Waals surface area contributed by atoms with Crippen LogP contribution in [0.1, 0.15) is 64.2 Å². The maximum atomic E-state index is 13.0. The minimum Gasteiger partial charge on any atom is -0.460 e. The first-order chi connectivity index (χ1) is 22.2. The topological polar surface area (TPSA) is 146 Å². The summed E-state index contributed by atoms with van der Waals surface area (Å²) < 4.78 is 21.6. The molecule has 1 atom stereocenters. The Hall–Kier alpha value is -5.26. The third kappa shape index (κ3) is 9.15. The maximum Gasteiger partial charge on any atom is 0.427 e.